The zero-order chi connectivity index (χ0) is 11.0. The van der Waals surface area contributed by atoms with Crippen LogP contribution in [0.15, 0.2) is 41.8 Å². The van der Waals surface area contributed by atoms with Gasteiger partial charge in [-0.3, -0.25) is 0 Å². The van der Waals surface area contributed by atoms with Crippen LogP contribution in [-0.2, 0) is 0 Å². The molecule has 0 saturated heterocycles. The SMILES string of the molecule is Clc1ccc2c(c1)=CN(n1cccn1)NN=2. The van der Waals surface area contributed by atoms with E-state index >= 15 is 0 Å². The highest BCUT2D eigenvalue weighted by Gasteiger charge is 2.04. The maximum absolute atomic E-state index is 5.93. The number of halogens is 1. The van der Waals surface area contributed by atoms with Gasteiger partial charge in [-0.1, -0.05) is 11.6 Å². The lowest BCUT2D eigenvalue weighted by atomic mass is 10.3. The van der Waals surface area contributed by atoms with Crippen molar-refractivity contribution in [3.8, 4) is 0 Å². The van der Waals surface area contributed by atoms with Gasteiger partial charge in [0.15, 0.2) is 0 Å². The van der Waals surface area contributed by atoms with Gasteiger partial charge in [0.25, 0.3) is 0 Å². The number of aromatic nitrogens is 2. The predicted octanol–water partition coefficient (Wildman–Crippen LogP) is -0.0345. The molecule has 0 bridgehead atoms. The molecule has 16 heavy (non-hydrogen) atoms. The Balaban J connectivity index is 2.12. The number of rotatable bonds is 1. The summed E-state index contributed by atoms with van der Waals surface area (Å²) in [4.78, 5) is 1.63. The number of nitrogens with one attached hydrogen (secondary N) is 1. The second kappa shape index (κ2) is 3.53. The van der Waals surface area contributed by atoms with E-state index in [4.69, 9.17) is 11.6 Å². The Morgan fingerprint density at radius 3 is 3.06 bits per heavy atom. The van der Waals surface area contributed by atoms with E-state index in [0.29, 0.717) is 5.02 Å². The van der Waals surface area contributed by atoms with E-state index in [1.165, 1.54) is 0 Å². The summed E-state index contributed by atoms with van der Waals surface area (Å²) in [6.45, 7) is 0. The summed E-state index contributed by atoms with van der Waals surface area (Å²) in [6.07, 6.45) is 5.39. The smallest absolute Gasteiger partial charge is 0.0939 e. The lowest BCUT2D eigenvalue weighted by molar-refractivity contribution is 0.526. The molecule has 0 unspecified atom stereocenters. The Morgan fingerprint density at radius 2 is 2.25 bits per heavy atom. The summed E-state index contributed by atoms with van der Waals surface area (Å²) in [6, 6.07) is 7.37. The maximum Gasteiger partial charge on any atom is 0.0939 e. The van der Waals surface area contributed by atoms with Crippen LogP contribution in [0.5, 0.6) is 0 Å². The molecule has 1 N–H and O–H groups in total. The lowest BCUT2D eigenvalue weighted by Gasteiger charge is -2.20. The molecule has 5 nitrogen and oxygen atoms in total. The minimum atomic E-state index is 0.688. The first-order valence-electron chi connectivity index (χ1n) is 4.73. The van der Waals surface area contributed by atoms with Gasteiger partial charge in [-0.2, -0.15) is 25.6 Å². The summed E-state index contributed by atoms with van der Waals surface area (Å²) < 4.78 is 0. The molecular formula is C10H8ClN5. The number of nitrogens with zero attached hydrogens (tertiary/aromatic N) is 4. The molecule has 0 atom stereocenters. The van der Waals surface area contributed by atoms with Gasteiger partial charge in [0.2, 0.25) is 0 Å². The van der Waals surface area contributed by atoms with Crippen molar-refractivity contribution >= 4 is 17.8 Å². The Morgan fingerprint density at radius 1 is 1.31 bits per heavy atom. The zero-order valence-corrected chi connectivity index (χ0v) is 8.96. The maximum atomic E-state index is 5.93. The topological polar surface area (TPSA) is 45.5 Å². The van der Waals surface area contributed by atoms with E-state index in [1.807, 2.05) is 36.7 Å². The molecular weight excluding hydrogens is 226 g/mol. The van der Waals surface area contributed by atoms with E-state index in [-0.39, 0.29) is 0 Å². The van der Waals surface area contributed by atoms with Crippen molar-refractivity contribution in [3.05, 3.63) is 52.3 Å². The first kappa shape index (κ1) is 9.23. The van der Waals surface area contributed by atoms with Gasteiger partial charge >= 0.3 is 0 Å². The van der Waals surface area contributed by atoms with E-state index < -0.39 is 0 Å². The van der Waals surface area contributed by atoms with E-state index in [1.54, 1.807) is 16.1 Å². The van der Waals surface area contributed by atoms with Crippen LogP contribution < -0.4 is 21.2 Å². The van der Waals surface area contributed by atoms with Crippen LogP contribution in [0, 0.1) is 0 Å². The fourth-order valence-electron chi connectivity index (χ4n) is 1.49. The summed E-state index contributed by atoms with van der Waals surface area (Å²) in [5.74, 6) is 0. The lowest BCUT2D eigenvalue weighted by Crippen LogP contribution is -2.48. The molecule has 6 heteroatoms. The molecule has 1 aromatic heterocycles. The van der Waals surface area contributed by atoms with E-state index in [0.717, 1.165) is 10.6 Å². The zero-order valence-electron chi connectivity index (χ0n) is 8.21. The van der Waals surface area contributed by atoms with Crippen molar-refractivity contribution < 1.29 is 0 Å². The fourth-order valence-corrected chi connectivity index (χ4v) is 1.67. The third-order valence-electron chi connectivity index (χ3n) is 2.24. The van der Waals surface area contributed by atoms with Crippen LogP contribution in [0.1, 0.15) is 0 Å². The minimum Gasteiger partial charge on any atom is -0.197 e. The average Bonchev–Trinajstić information content (AvgIpc) is 2.81. The molecule has 80 valence electrons. The van der Waals surface area contributed by atoms with Gasteiger partial charge in [0.05, 0.1) is 24.0 Å². The molecule has 0 aliphatic carbocycles. The van der Waals surface area contributed by atoms with Crippen molar-refractivity contribution in [3.63, 3.8) is 0 Å². The molecule has 2 aromatic rings. The third-order valence-corrected chi connectivity index (χ3v) is 2.47. The van der Waals surface area contributed by atoms with Crippen LogP contribution >= 0.6 is 11.6 Å². The number of benzene rings is 1. The van der Waals surface area contributed by atoms with Crippen LogP contribution in [0.2, 0.25) is 5.02 Å². The number of hydrogen-bond donors (Lipinski definition) is 1. The first-order chi connectivity index (χ1) is 7.83. The molecule has 2 heterocycles. The van der Waals surface area contributed by atoms with E-state index in [2.05, 4.69) is 15.7 Å². The normalized spacial score (nSPS) is 13.4. The summed E-state index contributed by atoms with van der Waals surface area (Å²) in [5, 5.41) is 12.4. The highest BCUT2D eigenvalue weighted by atomic mass is 35.5. The Kier molecular flexibility index (Phi) is 2.04. The molecule has 0 saturated carbocycles. The second-order valence-electron chi connectivity index (χ2n) is 3.32. The molecule has 1 aromatic carbocycles. The predicted molar refractivity (Wildman–Crippen MR) is 60.3 cm³/mol. The molecule has 0 fully saturated rings. The van der Waals surface area contributed by atoms with E-state index in [9.17, 15) is 0 Å². The fraction of sp³-hybridized carbons (Fsp3) is 0. The average molecular weight is 234 g/mol. The molecule has 0 spiro atoms. The number of hydrazine groups is 1. The molecule has 1 aliphatic rings. The van der Waals surface area contributed by atoms with Gasteiger partial charge in [0.1, 0.15) is 0 Å². The molecule has 0 radical (unpaired) electrons. The Labute approximate surface area is 96.2 Å². The molecule has 1 aliphatic heterocycles. The summed E-state index contributed by atoms with van der Waals surface area (Å²) >= 11 is 5.93. The number of hydrogen-bond acceptors (Lipinski definition) is 4. The van der Waals surface area contributed by atoms with Gasteiger partial charge < -0.3 is 0 Å². The van der Waals surface area contributed by atoms with Crippen molar-refractivity contribution in [2.75, 3.05) is 5.12 Å². The van der Waals surface area contributed by atoms with Crippen LogP contribution in [0.3, 0.4) is 0 Å². The standard InChI is InChI=1S/C10H8ClN5/c11-9-2-3-10-8(6-9)7-16(14-13-10)15-5-1-4-12-15/h1-7,14H. The van der Waals surface area contributed by atoms with Crippen LogP contribution in [0.25, 0.3) is 6.20 Å². The highest BCUT2D eigenvalue weighted by molar-refractivity contribution is 6.30. The molecule has 3 rings (SSSR count). The van der Waals surface area contributed by atoms with Crippen molar-refractivity contribution in [1.29, 1.82) is 0 Å². The Bertz CT molecular complexity index is 619. The van der Waals surface area contributed by atoms with Crippen molar-refractivity contribution in [1.82, 2.24) is 15.4 Å². The molecule has 0 amide bonds. The van der Waals surface area contributed by atoms with Crippen molar-refractivity contribution in [2.45, 2.75) is 0 Å². The van der Waals surface area contributed by atoms with Crippen LogP contribution in [0.4, 0.5) is 0 Å². The van der Waals surface area contributed by atoms with Crippen LogP contribution in [-0.4, -0.2) is 9.89 Å². The quantitative estimate of drug-likeness (QED) is 0.752. The first-order valence-corrected chi connectivity index (χ1v) is 5.11. The van der Waals surface area contributed by atoms with Gasteiger partial charge in [-0.15, -0.1) is 0 Å². The third kappa shape index (κ3) is 1.51. The Hall–Kier alpha value is -2.01. The summed E-state index contributed by atoms with van der Waals surface area (Å²) in [7, 11) is 0. The van der Waals surface area contributed by atoms with Crippen molar-refractivity contribution in [2.24, 2.45) is 5.10 Å². The minimum absolute atomic E-state index is 0.688. The second-order valence-corrected chi connectivity index (χ2v) is 3.75. The monoisotopic (exact) mass is 233 g/mol. The summed E-state index contributed by atoms with van der Waals surface area (Å²) in [5.41, 5.74) is 2.86. The van der Waals surface area contributed by atoms with Gasteiger partial charge in [0, 0.05) is 10.2 Å². The van der Waals surface area contributed by atoms with Gasteiger partial charge in [-0.25, -0.2) is 0 Å². The highest BCUT2D eigenvalue weighted by Crippen LogP contribution is 2.00. The van der Waals surface area contributed by atoms with Gasteiger partial charge in [-0.05, 0) is 24.3 Å². The number of fused-ring (bicyclic) bond motifs is 1. The largest absolute Gasteiger partial charge is 0.197 e.